The summed E-state index contributed by atoms with van der Waals surface area (Å²) in [5, 5.41) is 9.36. The number of allylic oxidation sites excluding steroid dienone is 2. The van der Waals surface area contributed by atoms with Crippen LogP contribution in [0.3, 0.4) is 0 Å². The number of hydrogen-bond donors (Lipinski definition) is 1. The largest absolute Gasteiger partial charge is 0.379 e. The predicted octanol–water partition coefficient (Wildman–Crippen LogP) is 1.40. The van der Waals surface area contributed by atoms with Crippen LogP contribution in [0.5, 0.6) is 0 Å². The number of hydrogen-bond acceptors (Lipinski definition) is 7. The van der Waals surface area contributed by atoms with Gasteiger partial charge in [0.05, 0.1) is 23.8 Å². The average molecular weight is 349 g/mol. The Hall–Kier alpha value is -1.38. The second-order valence-corrected chi connectivity index (χ2v) is 8.38. The molecule has 1 aliphatic carbocycles. The van der Waals surface area contributed by atoms with Crippen LogP contribution in [0.25, 0.3) is 0 Å². The first-order chi connectivity index (χ1) is 11.5. The molecular formula is C16H23N5O2S. The molecule has 0 amide bonds. The summed E-state index contributed by atoms with van der Waals surface area (Å²) in [6.45, 7) is 8.79. The van der Waals surface area contributed by atoms with Gasteiger partial charge in [-0.05, 0) is 23.6 Å². The smallest absolute Gasteiger partial charge is 0.215 e. The van der Waals surface area contributed by atoms with Crippen LogP contribution in [0.1, 0.15) is 32.5 Å². The summed E-state index contributed by atoms with van der Waals surface area (Å²) in [7, 11) is 0. The fourth-order valence-corrected chi connectivity index (χ4v) is 4.40. The molecule has 0 aromatic carbocycles. The minimum Gasteiger partial charge on any atom is -0.379 e. The molecule has 130 valence electrons. The standard InChI is InChI=1S/C16H23N5O2S/c1-16(2)9-11-14(12(22)10-16)24-15-18-17-13(21(15)19-11)3-4-20-5-7-23-8-6-20/h19H,3-10H2,1-2H3. The van der Waals surface area contributed by atoms with Gasteiger partial charge in [0, 0.05) is 32.5 Å². The number of ether oxygens (including phenoxy) is 1. The Morgan fingerprint density at radius 3 is 2.83 bits per heavy atom. The van der Waals surface area contributed by atoms with E-state index in [0.717, 1.165) is 67.3 Å². The van der Waals surface area contributed by atoms with Gasteiger partial charge in [-0.1, -0.05) is 13.8 Å². The molecule has 7 nitrogen and oxygen atoms in total. The van der Waals surface area contributed by atoms with Gasteiger partial charge in [0.2, 0.25) is 5.16 Å². The van der Waals surface area contributed by atoms with Gasteiger partial charge in [0.25, 0.3) is 0 Å². The van der Waals surface area contributed by atoms with E-state index in [4.69, 9.17) is 4.74 Å². The zero-order valence-corrected chi connectivity index (χ0v) is 15.0. The molecule has 1 aromatic heterocycles. The third-order valence-corrected chi connectivity index (χ3v) is 5.84. The van der Waals surface area contributed by atoms with E-state index in [1.165, 1.54) is 11.8 Å². The Balaban J connectivity index is 1.49. The fourth-order valence-electron chi connectivity index (χ4n) is 3.46. The molecule has 0 radical (unpaired) electrons. The molecule has 2 aliphatic heterocycles. The number of fused-ring (bicyclic) bond motifs is 1. The maximum absolute atomic E-state index is 12.4. The van der Waals surface area contributed by atoms with Gasteiger partial charge in [0.1, 0.15) is 0 Å². The van der Waals surface area contributed by atoms with E-state index in [-0.39, 0.29) is 11.2 Å². The Morgan fingerprint density at radius 1 is 1.25 bits per heavy atom. The van der Waals surface area contributed by atoms with E-state index in [1.54, 1.807) is 0 Å². The molecule has 3 aliphatic rings. The van der Waals surface area contributed by atoms with Crippen molar-refractivity contribution >= 4 is 17.5 Å². The number of carbonyl (C=O) groups excluding carboxylic acids is 1. The van der Waals surface area contributed by atoms with Crippen molar-refractivity contribution in [2.75, 3.05) is 38.3 Å². The van der Waals surface area contributed by atoms with Gasteiger partial charge in [-0.3, -0.25) is 15.1 Å². The van der Waals surface area contributed by atoms with Gasteiger partial charge in [0.15, 0.2) is 11.6 Å². The molecule has 0 atom stereocenters. The summed E-state index contributed by atoms with van der Waals surface area (Å²) in [6.07, 6.45) is 2.31. The van der Waals surface area contributed by atoms with Crippen molar-refractivity contribution in [1.82, 2.24) is 19.8 Å². The second kappa shape index (κ2) is 6.16. The number of nitrogens with one attached hydrogen (secondary N) is 1. The van der Waals surface area contributed by atoms with Gasteiger partial charge >= 0.3 is 0 Å². The van der Waals surface area contributed by atoms with Crippen molar-refractivity contribution in [3.8, 4) is 0 Å². The van der Waals surface area contributed by atoms with Crippen molar-refractivity contribution in [3.63, 3.8) is 0 Å². The van der Waals surface area contributed by atoms with Crippen molar-refractivity contribution in [2.24, 2.45) is 5.41 Å². The number of rotatable bonds is 3. The topological polar surface area (TPSA) is 72.3 Å². The lowest BCUT2D eigenvalue weighted by molar-refractivity contribution is -0.117. The van der Waals surface area contributed by atoms with Crippen LogP contribution in [0.4, 0.5) is 0 Å². The number of Topliss-reactive ketones (excluding diaryl/α,β-unsaturated/α-hetero) is 1. The van der Waals surface area contributed by atoms with Crippen LogP contribution in [0.2, 0.25) is 0 Å². The number of ketones is 1. The molecule has 0 bridgehead atoms. The zero-order chi connectivity index (χ0) is 16.7. The van der Waals surface area contributed by atoms with Gasteiger partial charge in [-0.15, -0.1) is 10.2 Å². The van der Waals surface area contributed by atoms with E-state index >= 15 is 0 Å². The number of nitrogens with zero attached hydrogens (tertiary/aromatic N) is 4. The van der Waals surface area contributed by atoms with Gasteiger partial charge < -0.3 is 4.74 Å². The molecule has 1 N–H and O–H groups in total. The fraction of sp³-hybridized carbons (Fsp3) is 0.688. The molecule has 0 saturated carbocycles. The van der Waals surface area contributed by atoms with E-state index in [9.17, 15) is 4.79 Å². The molecule has 1 fully saturated rings. The first-order valence-corrected chi connectivity index (χ1v) is 9.29. The Morgan fingerprint density at radius 2 is 2.04 bits per heavy atom. The highest BCUT2D eigenvalue weighted by molar-refractivity contribution is 8.04. The van der Waals surface area contributed by atoms with Crippen LogP contribution >= 0.6 is 11.8 Å². The molecule has 4 rings (SSSR count). The van der Waals surface area contributed by atoms with Crippen LogP contribution in [-0.4, -0.2) is 58.4 Å². The normalized spacial score (nSPS) is 23.7. The summed E-state index contributed by atoms with van der Waals surface area (Å²) in [5.74, 6) is 1.13. The van der Waals surface area contributed by atoms with E-state index in [1.807, 2.05) is 4.68 Å². The average Bonchev–Trinajstić information content (AvgIpc) is 2.93. The summed E-state index contributed by atoms with van der Waals surface area (Å²) in [6, 6.07) is 0. The van der Waals surface area contributed by atoms with Crippen molar-refractivity contribution < 1.29 is 9.53 Å². The summed E-state index contributed by atoms with van der Waals surface area (Å²) in [5.41, 5.74) is 4.43. The van der Waals surface area contributed by atoms with Crippen molar-refractivity contribution in [3.05, 3.63) is 16.4 Å². The van der Waals surface area contributed by atoms with Crippen LogP contribution in [-0.2, 0) is 16.0 Å². The molecule has 1 saturated heterocycles. The number of thioether (sulfide) groups is 1. The SMILES string of the molecule is CC1(C)CC(=O)C2=C(C1)Nn1c(CCN3CCOCC3)nnc1S2. The lowest BCUT2D eigenvalue weighted by Crippen LogP contribution is -2.38. The van der Waals surface area contributed by atoms with Crippen LogP contribution < -0.4 is 5.43 Å². The number of carbonyl (C=O) groups is 1. The van der Waals surface area contributed by atoms with Gasteiger partial charge in [-0.2, -0.15) is 0 Å². The molecule has 24 heavy (non-hydrogen) atoms. The lowest BCUT2D eigenvalue weighted by atomic mass is 9.79. The highest BCUT2D eigenvalue weighted by atomic mass is 32.2. The second-order valence-electron chi connectivity index (χ2n) is 7.40. The highest BCUT2D eigenvalue weighted by Gasteiger charge is 2.37. The first kappa shape index (κ1) is 16.1. The minimum atomic E-state index is 0.00293. The molecule has 0 spiro atoms. The zero-order valence-electron chi connectivity index (χ0n) is 14.2. The maximum Gasteiger partial charge on any atom is 0.215 e. The third kappa shape index (κ3) is 3.10. The third-order valence-electron chi connectivity index (χ3n) is 4.72. The van der Waals surface area contributed by atoms with E-state index in [0.29, 0.717) is 6.42 Å². The Labute approximate surface area is 145 Å². The molecule has 8 heteroatoms. The maximum atomic E-state index is 12.4. The first-order valence-electron chi connectivity index (χ1n) is 8.47. The highest BCUT2D eigenvalue weighted by Crippen LogP contribution is 2.43. The molecular weight excluding hydrogens is 326 g/mol. The summed E-state index contributed by atoms with van der Waals surface area (Å²) >= 11 is 1.46. The van der Waals surface area contributed by atoms with Gasteiger partial charge in [-0.25, -0.2) is 4.68 Å². The molecule has 1 aromatic rings. The van der Waals surface area contributed by atoms with Crippen LogP contribution in [0.15, 0.2) is 15.8 Å². The van der Waals surface area contributed by atoms with E-state index in [2.05, 4.69) is 34.4 Å². The number of morpholine rings is 1. The molecule has 3 heterocycles. The van der Waals surface area contributed by atoms with Crippen molar-refractivity contribution in [2.45, 2.75) is 38.3 Å². The lowest BCUT2D eigenvalue weighted by Gasteiger charge is -2.34. The van der Waals surface area contributed by atoms with Crippen molar-refractivity contribution in [1.29, 1.82) is 0 Å². The Kier molecular flexibility index (Phi) is 4.14. The minimum absolute atomic E-state index is 0.00293. The predicted molar refractivity (Wildman–Crippen MR) is 91.3 cm³/mol. The Bertz CT molecular complexity index is 691. The monoisotopic (exact) mass is 349 g/mol. The summed E-state index contributed by atoms with van der Waals surface area (Å²) < 4.78 is 7.34. The summed E-state index contributed by atoms with van der Waals surface area (Å²) in [4.78, 5) is 15.6. The quantitative estimate of drug-likeness (QED) is 0.884. The van der Waals surface area contributed by atoms with Crippen LogP contribution in [0, 0.1) is 5.41 Å². The molecule has 0 unspecified atom stereocenters. The number of aromatic nitrogens is 3. The van der Waals surface area contributed by atoms with E-state index < -0.39 is 0 Å².